The van der Waals surface area contributed by atoms with E-state index in [1.54, 1.807) is 11.8 Å². The van der Waals surface area contributed by atoms with Crippen molar-refractivity contribution in [2.45, 2.75) is 17.6 Å². The molecule has 0 atom stereocenters. The van der Waals surface area contributed by atoms with Gasteiger partial charge in [-0.25, -0.2) is 0 Å². The van der Waals surface area contributed by atoms with Crippen LogP contribution in [0.25, 0.3) is 0 Å². The summed E-state index contributed by atoms with van der Waals surface area (Å²) in [6.45, 7) is 2.08. The van der Waals surface area contributed by atoms with Gasteiger partial charge in [-0.2, -0.15) is 0 Å². The van der Waals surface area contributed by atoms with Gasteiger partial charge in [0.25, 0.3) is 0 Å². The summed E-state index contributed by atoms with van der Waals surface area (Å²) in [7, 11) is 0. The van der Waals surface area contributed by atoms with Crippen LogP contribution in [-0.4, -0.2) is 11.0 Å². The molecule has 3 nitrogen and oxygen atoms in total. The second kappa shape index (κ2) is 6.29. The minimum absolute atomic E-state index is 0.141. The fraction of sp³-hybridized carbons (Fsp3) is 0.133. The van der Waals surface area contributed by atoms with E-state index in [0.29, 0.717) is 0 Å². The fourth-order valence-electron chi connectivity index (χ4n) is 1.68. The van der Waals surface area contributed by atoms with E-state index in [-0.39, 0.29) is 5.84 Å². The van der Waals surface area contributed by atoms with Gasteiger partial charge in [-0.3, -0.25) is 0 Å². The van der Waals surface area contributed by atoms with Crippen LogP contribution in [0.4, 0.5) is 0 Å². The highest BCUT2D eigenvalue weighted by molar-refractivity contribution is 7.98. The third-order valence-corrected chi connectivity index (χ3v) is 3.84. The summed E-state index contributed by atoms with van der Waals surface area (Å²) >= 11 is 1.77. The van der Waals surface area contributed by atoms with E-state index < -0.39 is 0 Å². The van der Waals surface area contributed by atoms with Crippen molar-refractivity contribution in [3.05, 3.63) is 65.2 Å². The Morgan fingerprint density at radius 2 is 1.95 bits per heavy atom. The highest BCUT2D eigenvalue weighted by Crippen LogP contribution is 2.23. The van der Waals surface area contributed by atoms with Crippen molar-refractivity contribution in [1.82, 2.24) is 0 Å². The van der Waals surface area contributed by atoms with Crippen molar-refractivity contribution in [1.29, 1.82) is 0 Å². The van der Waals surface area contributed by atoms with Crippen LogP contribution in [0.5, 0.6) is 0 Å². The first kappa shape index (κ1) is 13.5. The number of thioether (sulfide) groups is 1. The van der Waals surface area contributed by atoms with Gasteiger partial charge in [0.15, 0.2) is 5.84 Å². The molecule has 2 rings (SSSR count). The topological polar surface area (TPSA) is 58.6 Å². The first-order chi connectivity index (χ1) is 9.19. The highest BCUT2D eigenvalue weighted by Gasteiger charge is 2.01. The molecule has 3 N–H and O–H groups in total. The van der Waals surface area contributed by atoms with Crippen molar-refractivity contribution in [3.8, 4) is 0 Å². The zero-order valence-corrected chi connectivity index (χ0v) is 11.5. The molecule has 0 radical (unpaired) electrons. The number of hydrogen-bond donors (Lipinski definition) is 2. The maximum Gasteiger partial charge on any atom is 0.170 e. The Labute approximate surface area is 117 Å². The van der Waals surface area contributed by atoms with Gasteiger partial charge in [0.2, 0.25) is 0 Å². The summed E-state index contributed by atoms with van der Waals surface area (Å²) in [6.07, 6.45) is 0. The molecule has 19 heavy (non-hydrogen) atoms. The predicted octanol–water partition coefficient (Wildman–Crippen LogP) is 3.38. The number of aryl methyl sites for hydroxylation is 1. The Hall–Kier alpha value is -1.94. The maximum absolute atomic E-state index is 8.67. The molecule has 0 aliphatic carbocycles. The molecule has 0 heterocycles. The third-order valence-electron chi connectivity index (χ3n) is 2.76. The SMILES string of the molecule is Cc1ccc(SCc2cccc(/C(N)=N/O)c2)cc1. The van der Waals surface area contributed by atoms with Crippen LogP contribution in [0.2, 0.25) is 0 Å². The van der Waals surface area contributed by atoms with Crippen LogP contribution < -0.4 is 5.73 Å². The molecule has 0 fully saturated rings. The maximum atomic E-state index is 8.67. The minimum atomic E-state index is 0.141. The Bertz CT molecular complexity index is 579. The molecule has 4 heteroatoms. The molecular formula is C15H16N2OS. The van der Waals surface area contributed by atoms with Crippen molar-refractivity contribution >= 4 is 17.6 Å². The summed E-state index contributed by atoms with van der Waals surface area (Å²) in [5, 5.41) is 11.7. The van der Waals surface area contributed by atoms with Crippen molar-refractivity contribution in [3.63, 3.8) is 0 Å². The first-order valence-electron chi connectivity index (χ1n) is 5.95. The van der Waals surface area contributed by atoms with Crippen LogP contribution in [0, 0.1) is 6.92 Å². The number of oxime groups is 1. The van der Waals surface area contributed by atoms with Gasteiger partial charge in [0, 0.05) is 16.2 Å². The van der Waals surface area contributed by atoms with Gasteiger partial charge in [-0.1, -0.05) is 41.1 Å². The van der Waals surface area contributed by atoms with Crippen LogP contribution in [0.15, 0.2) is 58.6 Å². The molecular weight excluding hydrogens is 256 g/mol. The summed E-state index contributed by atoms with van der Waals surface area (Å²) in [5.41, 5.74) is 8.73. The summed E-state index contributed by atoms with van der Waals surface area (Å²) in [4.78, 5) is 1.24. The molecule has 2 aromatic rings. The lowest BCUT2D eigenvalue weighted by molar-refractivity contribution is 0.318. The van der Waals surface area contributed by atoms with Gasteiger partial charge >= 0.3 is 0 Å². The number of hydrogen-bond acceptors (Lipinski definition) is 3. The monoisotopic (exact) mass is 272 g/mol. The molecule has 0 unspecified atom stereocenters. The van der Waals surface area contributed by atoms with Crippen LogP contribution >= 0.6 is 11.8 Å². The molecule has 0 spiro atoms. The van der Waals surface area contributed by atoms with Gasteiger partial charge < -0.3 is 10.9 Å². The molecule has 0 bridgehead atoms. The Morgan fingerprint density at radius 3 is 2.63 bits per heavy atom. The average Bonchev–Trinajstić information content (AvgIpc) is 2.46. The average molecular weight is 272 g/mol. The number of nitrogens with two attached hydrogens (primary N) is 1. The van der Waals surface area contributed by atoms with E-state index in [2.05, 4.69) is 36.3 Å². The van der Waals surface area contributed by atoms with E-state index in [1.165, 1.54) is 10.5 Å². The lowest BCUT2D eigenvalue weighted by Gasteiger charge is -2.05. The summed E-state index contributed by atoms with van der Waals surface area (Å²) < 4.78 is 0. The minimum Gasteiger partial charge on any atom is -0.409 e. The third kappa shape index (κ3) is 3.76. The zero-order chi connectivity index (χ0) is 13.7. The molecule has 2 aromatic carbocycles. The zero-order valence-electron chi connectivity index (χ0n) is 10.7. The van der Waals surface area contributed by atoms with Gasteiger partial charge in [0.1, 0.15) is 0 Å². The van der Waals surface area contributed by atoms with E-state index >= 15 is 0 Å². The smallest absolute Gasteiger partial charge is 0.170 e. The summed E-state index contributed by atoms with van der Waals surface area (Å²) in [5.74, 6) is 0.998. The molecule has 0 aromatic heterocycles. The molecule has 0 aliphatic heterocycles. The number of benzene rings is 2. The summed E-state index contributed by atoms with van der Waals surface area (Å²) in [6, 6.07) is 16.2. The highest BCUT2D eigenvalue weighted by atomic mass is 32.2. The second-order valence-corrected chi connectivity index (χ2v) is 5.34. The largest absolute Gasteiger partial charge is 0.409 e. The molecule has 98 valence electrons. The van der Waals surface area contributed by atoms with E-state index in [0.717, 1.165) is 16.9 Å². The van der Waals surface area contributed by atoms with Crippen molar-refractivity contribution in [2.75, 3.05) is 0 Å². The first-order valence-corrected chi connectivity index (χ1v) is 6.94. The van der Waals surface area contributed by atoms with Gasteiger partial charge in [-0.05, 0) is 30.7 Å². The normalized spacial score (nSPS) is 11.5. The fourth-order valence-corrected chi connectivity index (χ4v) is 2.52. The van der Waals surface area contributed by atoms with E-state index in [1.807, 2.05) is 24.3 Å². The second-order valence-electron chi connectivity index (χ2n) is 4.29. The molecule has 0 saturated heterocycles. The lowest BCUT2D eigenvalue weighted by atomic mass is 10.1. The standard InChI is InChI=1S/C15H16N2OS/c1-11-5-7-14(8-6-11)19-10-12-3-2-4-13(9-12)15(16)17-18/h2-9,18H,10H2,1H3,(H2,16,17). The Balaban J connectivity index is 2.05. The van der Waals surface area contributed by atoms with E-state index in [9.17, 15) is 0 Å². The molecule has 0 amide bonds. The van der Waals surface area contributed by atoms with Crippen molar-refractivity contribution < 1.29 is 5.21 Å². The number of nitrogens with zero attached hydrogens (tertiary/aromatic N) is 1. The lowest BCUT2D eigenvalue weighted by Crippen LogP contribution is -2.13. The quantitative estimate of drug-likeness (QED) is 0.295. The molecule has 0 aliphatic rings. The van der Waals surface area contributed by atoms with Crippen LogP contribution in [-0.2, 0) is 5.75 Å². The van der Waals surface area contributed by atoms with Gasteiger partial charge in [-0.15, -0.1) is 11.8 Å². The Kier molecular flexibility index (Phi) is 4.47. The molecule has 0 saturated carbocycles. The van der Waals surface area contributed by atoms with E-state index in [4.69, 9.17) is 10.9 Å². The van der Waals surface area contributed by atoms with Crippen LogP contribution in [0.1, 0.15) is 16.7 Å². The Morgan fingerprint density at radius 1 is 1.21 bits per heavy atom. The van der Waals surface area contributed by atoms with Crippen LogP contribution in [0.3, 0.4) is 0 Å². The number of amidine groups is 1. The number of rotatable bonds is 4. The predicted molar refractivity (Wildman–Crippen MR) is 79.7 cm³/mol. The van der Waals surface area contributed by atoms with Crippen molar-refractivity contribution in [2.24, 2.45) is 10.9 Å². The van der Waals surface area contributed by atoms with Gasteiger partial charge in [0.05, 0.1) is 0 Å².